The van der Waals surface area contributed by atoms with Gasteiger partial charge in [0.15, 0.2) is 0 Å². The fourth-order valence-corrected chi connectivity index (χ4v) is 3.39. The van der Waals surface area contributed by atoms with E-state index >= 15 is 0 Å². The van der Waals surface area contributed by atoms with Crippen LogP contribution in [0.25, 0.3) is 6.08 Å². The smallest absolute Gasteiger partial charge is 0.118 e. The van der Waals surface area contributed by atoms with Crippen LogP contribution in [0, 0.1) is 0 Å². The summed E-state index contributed by atoms with van der Waals surface area (Å²) >= 11 is 0. The molecular weight excluding hydrogens is 284 g/mol. The van der Waals surface area contributed by atoms with Crippen LogP contribution in [0.5, 0.6) is 5.75 Å². The third-order valence-electron chi connectivity index (χ3n) is 4.66. The predicted molar refractivity (Wildman–Crippen MR) is 94.6 cm³/mol. The highest BCUT2D eigenvalue weighted by Crippen LogP contribution is 2.46. The molecule has 2 nitrogen and oxygen atoms in total. The van der Waals surface area contributed by atoms with Gasteiger partial charge in [0.05, 0.1) is 13.2 Å². The molecule has 0 spiro atoms. The Labute approximate surface area is 138 Å². The molecule has 0 bridgehead atoms. The summed E-state index contributed by atoms with van der Waals surface area (Å²) in [7, 11) is 1.66. The fraction of sp³-hybridized carbons (Fsp3) is 0.333. The van der Waals surface area contributed by atoms with E-state index in [0.717, 1.165) is 24.2 Å². The van der Waals surface area contributed by atoms with Gasteiger partial charge < -0.3 is 9.84 Å². The third kappa shape index (κ3) is 3.18. The van der Waals surface area contributed by atoms with Crippen LogP contribution in [0.2, 0.25) is 0 Å². The Balaban J connectivity index is 1.92. The van der Waals surface area contributed by atoms with Crippen molar-refractivity contribution in [1.82, 2.24) is 0 Å². The van der Waals surface area contributed by atoms with E-state index in [1.54, 1.807) is 7.11 Å². The first-order valence-corrected chi connectivity index (χ1v) is 8.36. The number of methoxy groups -OCH3 is 1. The van der Waals surface area contributed by atoms with Gasteiger partial charge in [-0.05, 0) is 41.7 Å². The summed E-state index contributed by atoms with van der Waals surface area (Å²) in [4.78, 5) is 0. The molecule has 0 aliphatic heterocycles. The lowest BCUT2D eigenvalue weighted by atomic mass is 9.85. The van der Waals surface area contributed by atoms with E-state index in [1.807, 2.05) is 24.3 Å². The molecule has 0 heterocycles. The van der Waals surface area contributed by atoms with Crippen molar-refractivity contribution in [3.8, 4) is 5.75 Å². The molecule has 0 aromatic heterocycles. The van der Waals surface area contributed by atoms with Gasteiger partial charge in [0, 0.05) is 5.92 Å². The lowest BCUT2D eigenvalue weighted by molar-refractivity contribution is 0.157. The minimum absolute atomic E-state index is 0.0612. The first kappa shape index (κ1) is 15.8. The Bertz CT molecular complexity index is 685. The average molecular weight is 308 g/mol. The summed E-state index contributed by atoms with van der Waals surface area (Å²) in [5, 5.41) is 11.0. The quantitative estimate of drug-likeness (QED) is 0.804. The van der Waals surface area contributed by atoms with Crippen molar-refractivity contribution in [1.29, 1.82) is 0 Å². The van der Waals surface area contributed by atoms with Crippen LogP contribution in [0.15, 0.2) is 54.1 Å². The van der Waals surface area contributed by atoms with E-state index in [4.69, 9.17) is 4.74 Å². The number of benzene rings is 2. The van der Waals surface area contributed by atoms with Crippen LogP contribution < -0.4 is 4.74 Å². The van der Waals surface area contributed by atoms with Gasteiger partial charge in [0.1, 0.15) is 5.75 Å². The predicted octanol–water partition coefficient (Wildman–Crippen LogP) is 5.10. The molecule has 2 atom stereocenters. The van der Waals surface area contributed by atoms with Gasteiger partial charge in [-0.1, -0.05) is 61.4 Å². The van der Waals surface area contributed by atoms with Crippen molar-refractivity contribution in [3.63, 3.8) is 0 Å². The van der Waals surface area contributed by atoms with Gasteiger partial charge >= 0.3 is 0 Å². The van der Waals surface area contributed by atoms with Gasteiger partial charge in [-0.3, -0.25) is 0 Å². The molecule has 1 aliphatic carbocycles. The number of aliphatic hydroxyl groups excluding tert-OH is 1. The largest absolute Gasteiger partial charge is 0.497 e. The van der Waals surface area contributed by atoms with E-state index in [1.165, 1.54) is 23.1 Å². The Morgan fingerprint density at radius 3 is 2.52 bits per heavy atom. The fourth-order valence-electron chi connectivity index (χ4n) is 3.39. The summed E-state index contributed by atoms with van der Waals surface area (Å²) in [6.07, 6.45) is 5.11. The molecule has 2 aromatic carbocycles. The molecule has 0 amide bonds. The Morgan fingerprint density at radius 2 is 1.83 bits per heavy atom. The van der Waals surface area contributed by atoms with Crippen molar-refractivity contribution in [2.45, 2.75) is 38.2 Å². The van der Waals surface area contributed by atoms with E-state index in [2.05, 4.69) is 37.3 Å². The zero-order valence-corrected chi connectivity index (χ0v) is 13.8. The number of hydrogen-bond donors (Lipinski definition) is 1. The van der Waals surface area contributed by atoms with E-state index in [9.17, 15) is 5.11 Å². The maximum atomic E-state index is 11.0. The van der Waals surface area contributed by atoms with Crippen molar-refractivity contribution < 1.29 is 9.84 Å². The van der Waals surface area contributed by atoms with Gasteiger partial charge in [-0.25, -0.2) is 0 Å². The molecule has 23 heavy (non-hydrogen) atoms. The minimum atomic E-state index is -0.521. The molecular formula is C21H24O2. The molecule has 2 aromatic rings. The SMILES string of the molecule is CCCCC1=Cc2ccccc2[C@H]1[C@H](O)c1ccc(OC)cc1. The number of unbranched alkanes of at least 4 members (excludes halogenated alkanes) is 1. The zero-order chi connectivity index (χ0) is 16.2. The molecule has 0 fully saturated rings. The molecule has 1 N–H and O–H groups in total. The zero-order valence-electron chi connectivity index (χ0n) is 13.8. The summed E-state index contributed by atoms with van der Waals surface area (Å²) in [5.74, 6) is 0.876. The standard InChI is InChI=1S/C21H24O2/c1-3-4-7-17-14-16-8-5-6-9-19(16)20(17)21(22)15-10-12-18(23-2)13-11-15/h5-6,8-14,20-22H,3-4,7H2,1-2H3/t20-,21+/m0/s1. The van der Waals surface area contributed by atoms with E-state index in [-0.39, 0.29) is 5.92 Å². The van der Waals surface area contributed by atoms with E-state index in [0.29, 0.717) is 0 Å². The minimum Gasteiger partial charge on any atom is -0.497 e. The number of fused-ring (bicyclic) bond motifs is 1. The normalized spacial score (nSPS) is 17.5. The molecule has 1 aliphatic rings. The topological polar surface area (TPSA) is 29.5 Å². The molecule has 0 radical (unpaired) electrons. The van der Waals surface area contributed by atoms with Gasteiger partial charge in [0.25, 0.3) is 0 Å². The Hall–Kier alpha value is -2.06. The molecule has 0 unspecified atom stereocenters. The van der Waals surface area contributed by atoms with Gasteiger partial charge in [-0.2, -0.15) is 0 Å². The van der Waals surface area contributed by atoms with Crippen LogP contribution in [0.1, 0.15) is 54.9 Å². The highest BCUT2D eigenvalue weighted by Gasteiger charge is 2.31. The maximum Gasteiger partial charge on any atom is 0.118 e. The van der Waals surface area contributed by atoms with Crippen molar-refractivity contribution >= 4 is 6.08 Å². The van der Waals surface area contributed by atoms with Gasteiger partial charge in [0.2, 0.25) is 0 Å². The molecule has 0 saturated heterocycles. The number of aliphatic hydroxyl groups is 1. The summed E-state index contributed by atoms with van der Waals surface area (Å²) in [5.41, 5.74) is 4.77. The first-order valence-electron chi connectivity index (χ1n) is 8.36. The average Bonchev–Trinajstić information content (AvgIpc) is 2.97. The van der Waals surface area contributed by atoms with Gasteiger partial charge in [-0.15, -0.1) is 0 Å². The highest BCUT2D eigenvalue weighted by molar-refractivity contribution is 5.67. The lowest BCUT2D eigenvalue weighted by Gasteiger charge is -2.24. The number of rotatable bonds is 6. The van der Waals surface area contributed by atoms with Crippen molar-refractivity contribution in [2.24, 2.45) is 0 Å². The maximum absolute atomic E-state index is 11.0. The van der Waals surface area contributed by atoms with Crippen LogP contribution in [0.3, 0.4) is 0 Å². The second kappa shape index (κ2) is 7.01. The summed E-state index contributed by atoms with van der Waals surface area (Å²) in [6.45, 7) is 2.21. The van der Waals surface area contributed by atoms with Crippen LogP contribution in [0.4, 0.5) is 0 Å². The number of ether oxygens (including phenoxy) is 1. The third-order valence-corrected chi connectivity index (χ3v) is 4.66. The second-order valence-corrected chi connectivity index (χ2v) is 6.15. The monoisotopic (exact) mass is 308 g/mol. The summed E-state index contributed by atoms with van der Waals surface area (Å²) in [6, 6.07) is 16.1. The Kier molecular flexibility index (Phi) is 4.82. The van der Waals surface area contributed by atoms with Crippen molar-refractivity contribution in [2.75, 3.05) is 7.11 Å². The molecule has 2 heteroatoms. The van der Waals surface area contributed by atoms with Crippen LogP contribution in [-0.2, 0) is 0 Å². The first-order chi connectivity index (χ1) is 11.2. The molecule has 0 saturated carbocycles. The summed E-state index contributed by atoms with van der Waals surface area (Å²) < 4.78 is 5.21. The van der Waals surface area contributed by atoms with Crippen LogP contribution >= 0.6 is 0 Å². The lowest BCUT2D eigenvalue weighted by Crippen LogP contribution is -2.11. The Morgan fingerprint density at radius 1 is 1.09 bits per heavy atom. The van der Waals surface area contributed by atoms with Crippen molar-refractivity contribution in [3.05, 3.63) is 70.8 Å². The highest BCUT2D eigenvalue weighted by atomic mass is 16.5. The molecule has 120 valence electrons. The number of hydrogen-bond acceptors (Lipinski definition) is 2. The second-order valence-electron chi connectivity index (χ2n) is 6.15. The molecule has 3 rings (SSSR count). The van der Waals surface area contributed by atoms with Crippen LogP contribution in [-0.4, -0.2) is 12.2 Å². The van der Waals surface area contributed by atoms with E-state index < -0.39 is 6.10 Å².